The van der Waals surface area contributed by atoms with Gasteiger partial charge in [0.15, 0.2) is 5.69 Å². The summed E-state index contributed by atoms with van der Waals surface area (Å²) < 4.78 is 7.85. The van der Waals surface area contributed by atoms with Gasteiger partial charge in [-0.3, -0.25) is 9.55 Å². The lowest BCUT2D eigenvalue weighted by Crippen LogP contribution is -2.48. The number of aromatic carboxylic acids is 1. The third-order valence-corrected chi connectivity index (χ3v) is 4.96. The van der Waals surface area contributed by atoms with Crippen LogP contribution in [-0.4, -0.2) is 35.2 Å². The Morgan fingerprint density at radius 2 is 1.82 bits per heavy atom. The average Bonchev–Trinajstić information content (AvgIpc) is 2.83. The fourth-order valence-electron chi connectivity index (χ4n) is 2.95. The number of carbonyl (C=O) groups is 1. The van der Waals surface area contributed by atoms with Crippen LogP contribution in [0, 0.1) is 0 Å². The first-order chi connectivity index (χ1) is 16.3. The Kier molecular flexibility index (Phi) is 6.37. The molecular formula is C22H17ClN6O5. The maximum atomic E-state index is 12.8. The van der Waals surface area contributed by atoms with Gasteiger partial charge >= 0.3 is 17.3 Å². The molecule has 0 aliphatic carbocycles. The molecule has 0 aliphatic heterocycles. The summed E-state index contributed by atoms with van der Waals surface area (Å²) in [5.74, 6) is -0.759. The zero-order valence-electron chi connectivity index (χ0n) is 17.7. The molecule has 11 nitrogen and oxygen atoms in total. The second-order valence-electron chi connectivity index (χ2n) is 7.06. The Bertz CT molecular complexity index is 1540. The molecule has 2 heterocycles. The van der Waals surface area contributed by atoms with Gasteiger partial charge in [0.25, 0.3) is 0 Å². The first-order valence-corrected chi connectivity index (χ1v) is 10.2. The molecule has 4 aromatic rings. The van der Waals surface area contributed by atoms with Gasteiger partial charge in [0.1, 0.15) is 12.1 Å². The van der Waals surface area contributed by atoms with E-state index in [9.17, 15) is 14.4 Å². The summed E-state index contributed by atoms with van der Waals surface area (Å²) >= 11 is 5.93. The van der Waals surface area contributed by atoms with Crippen LogP contribution in [0.2, 0.25) is 5.02 Å². The van der Waals surface area contributed by atoms with E-state index in [1.165, 1.54) is 17.7 Å². The number of hydrogen-bond acceptors (Lipinski definition) is 7. The fourth-order valence-corrected chi connectivity index (χ4v) is 3.08. The SMILES string of the molecule is Cn1c(=O)[nH]/c(=N\c2ccc(Oc3cc(C(=O)O)ncn3)cc2)n(Cc2ccc(Cl)cc2)c1=O. The summed E-state index contributed by atoms with van der Waals surface area (Å²) in [7, 11) is 1.37. The first kappa shape index (κ1) is 22.7. The standard InChI is InChI=1S/C22H17ClN6O5/c1-28-21(32)27-20(29(22(28)33)11-13-2-4-14(23)5-3-13)26-15-6-8-16(9-7-15)34-18-10-17(19(30)31)24-12-25-18/h2-10,12H,11H2,1H3,(H,30,31)(H,26,27,32). The van der Waals surface area contributed by atoms with Gasteiger partial charge in [-0.1, -0.05) is 23.7 Å². The summed E-state index contributed by atoms with van der Waals surface area (Å²) in [6.45, 7) is 0.167. The summed E-state index contributed by atoms with van der Waals surface area (Å²) in [4.78, 5) is 50.5. The molecule has 0 bridgehead atoms. The first-order valence-electron chi connectivity index (χ1n) is 9.83. The molecule has 0 radical (unpaired) electrons. The van der Waals surface area contributed by atoms with Crippen LogP contribution in [0.1, 0.15) is 16.1 Å². The molecule has 12 heteroatoms. The Morgan fingerprint density at radius 3 is 2.50 bits per heavy atom. The molecule has 0 aliphatic rings. The van der Waals surface area contributed by atoms with Crippen molar-refractivity contribution in [3.8, 4) is 11.6 Å². The van der Waals surface area contributed by atoms with E-state index in [-0.39, 0.29) is 23.7 Å². The number of carboxylic acid groups (broad SMARTS) is 1. The van der Waals surface area contributed by atoms with Crippen LogP contribution in [-0.2, 0) is 13.6 Å². The zero-order valence-corrected chi connectivity index (χ0v) is 18.4. The van der Waals surface area contributed by atoms with Crippen LogP contribution >= 0.6 is 11.6 Å². The second kappa shape index (κ2) is 9.55. The van der Waals surface area contributed by atoms with Crippen LogP contribution in [0.3, 0.4) is 0 Å². The Balaban J connectivity index is 1.66. The third-order valence-electron chi connectivity index (χ3n) is 4.71. The van der Waals surface area contributed by atoms with Crippen molar-refractivity contribution >= 4 is 23.3 Å². The molecule has 0 fully saturated rings. The highest BCUT2D eigenvalue weighted by Gasteiger charge is 2.09. The lowest BCUT2D eigenvalue weighted by Gasteiger charge is -2.09. The van der Waals surface area contributed by atoms with E-state index < -0.39 is 17.3 Å². The minimum atomic E-state index is -1.20. The van der Waals surface area contributed by atoms with Crippen LogP contribution in [0.15, 0.2) is 75.5 Å². The minimum absolute atomic E-state index is 0.0637. The van der Waals surface area contributed by atoms with Gasteiger partial charge < -0.3 is 9.84 Å². The lowest BCUT2D eigenvalue weighted by atomic mass is 10.2. The van der Waals surface area contributed by atoms with Crippen molar-refractivity contribution in [2.75, 3.05) is 0 Å². The van der Waals surface area contributed by atoms with Crippen LogP contribution in [0.4, 0.5) is 5.69 Å². The maximum absolute atomic E-state index is 12.8. The molecule has 0 atom stereocenters. The Hall–Kier alpha value is -4.51. The molecule has 0 spiro atoms. The lowest BCUT2D eigenvalue weighted by molar-refractivity contribution is 0.0689. The van der Waals surface area contributed by atoms with Gasteiger partial charge in [-0.25, -0.2) is 33.9 Å². The molecule has 34 heavy (non-hydrogen) atoms. The maximum Gasteiger partial charge on any atom is 0.354 e. The number of ether oxygens (including phenoxy) is 1. The van der Waals surface area contributed by atoms with Crippen molar-refractivity contribution in [1.82, 2.24) is 24.1 Å². The van der Waals surface area contributed by atoms with Gasteiger partial charge in [-0.15, -0.1) is 0 Å². The quantitative estimate of drug-likeness (QED) is 0.429. The number of rotatable bonds is 6. The van der Waals surface area contributed by atoms with E-state index >= 15 is 0 Å². The molecule has 4 rings (SSSR count). The number of nitrogens with one attached hydrogen (secondary N) is 1. The Morgan fingerprint density at radius 1 is 1.12 bits per heavy atom. The minimum Gasteiger partial charge on any atom is -0.477 e. The van der Waals surface area contributed by atoms with E-state index in [0.29, 0.717) is 16.5 Å². The molecule has 0 amide bonds. The van der Waals surface area contributed by atoms with Gasteiger partial charge in [-0.05, 0) is 42.0 Å². The van der Waals surface area contributed by atoms with Gasteiger partial charge in [0, 0.05) is 18.1 Å². The monoisotopic (exact) mass is 480 g/mol. The predicted molar refractivity (Wildman–Crippen MR) is 122 cm³/mol. The molecule has 2 aromatic heterocycles. The normalized spacial score (nSPS) is 11.4. The highest BCUT2D eigenvalue weighted by molar-refractivity contribution is 6.30. The zero-order chi connectivity index (χ0) is 24.2. The number of aromatic amines is 1. The van der Waals surface area contributed by atoms with Crippen molar-refractivity contribution in [3.05, 3.63) is 104 Å². The molecule has 0 saturated heterocycles. The summed E-state index contributed by atoms with van der Waals surface area (Å²) in [6.07, 6.45) is 1.09. The summed E-state index contributed by atoms with van der Waals surface area (Å²) in [5.41, 5.74) is -0.0288. The van der Waals surface area contributed by atoms with Gasteiger partial charge in [0.05, 0.1) is 12.2 Å². The number of hydrogen-bond donors (Lipinski definition) is 2. The van der Waals surface area contributed by atoms with Crippen molar-refractivity contribution < 1.29 is 14.6 Å². The van der Waals surface area contributed by atoms with Crippen molar-refractivity contribution in [2.45, 2.75) is 6.54 Å². The average molecular weight is 481 g/mol. The van der Waals surface area contributed by atoms with Crippen LogP contribution in [0.25, 0.3) is 0 Å². The van der Waals surface area contributed by atoms with Crippen LogP contribution < -0.4 is 21.7 Å². The molecule has 2 aromatic carbocycles. The van der Waals surface area contributed by atoms with E-state index in [4.69, 9.17) is 21.4 Å². The van der Waals surface area contributed by atoms with Crippen molar-refractivity contribution in [2.24, 2.45) is 12.0 Å². The number of aromatic nitrogens is 5. The molecular weight excluding hydrogens is 464 g/mol. The van der Waals surface area contributed by atoms with E-state index in [1.807, 2.05) is 0 Å². The Labute approximate surface area is 196 Å². The molecule has 0 unspecified atom stereocenters. The molecule has 0 saturated carbocycles. The highest BCUT2D eigenvalue weighted by Crippen LogP contribution is 2.22. The van der Waals surface area contributed by atoms with Crippen molar-refractivity contribution in [1.29, 1.82) is 0 Å². The number of halogens is 1. The molecule has 172 valence electrons. The molecule has 2 N–H and O–H groups in total. The van der Waals surface area contributed by atoms with E-state index in [0.717, 1.165) is 16.5 Å². The topological polar surface area (TPSA) is 144 Å². The third kappa shape index (κ3) is 5.10. The summed E-state index contributed by atoms with van der Waals surface area (Å²) in [6, 6.07) is 14.6. The van der Waals surface area contributed by atoms with Gasteiger partial charge in [-0.2, -0.15) is 0 Å². The second-order valence-corrected chi connectivity index (χ2v) is 7.50. The number of carboxylic acids is 1. The number of H-pyrrole nitrogens is 1. The number of nitrogens with zero attached hydrogens (tertiary/aromatic N) is 5. The van der Waals surface area contributed by atoms with E-state index in [1.54, 1.807) is 48.5 Å². The number of benzene rings is 2. The van der Waals surface area contributed by atoms with E-state index in [2.05, 4.69) is 19.9 Å². The van der Waals surface area contributed by atoms with Crippen LogP contribution in [0.5, 0.6) is 11.6 Å². The van der Waals surface area contributed by atoms with Gasteiger partial charge in [0.2, 0.25) is 11.5 Å². The largest absolute Gasteiger partial charge is 0.477 e. The predicted octanol–water partition coefficient (Wildman–Crippen LogP) is 2.09. The summed E-state index contributed by atoms with van der Waals surface area (Å²) in [5, 5.41) is 9.59. The highest BCUT2D eigenvalue weighted by atomic mass is 35.5. The smallest absolute Gasteiger partial charge is 0.354 e. The van der Waals surface area contributed by atoms with Crippen molar-refractivity contribution in [3.63, 3.8) is 0 Å². The fraction of sp³-hybridized carbons (Fsp3) is 0.0909.